The van der Waals surface area contributed by atoms with Crippen molar-refractivity contribution in [1.29, 1.82) is 0 Å². The topological polar surface area (TPSA) is 46.2 Å². The molecule has 1 aliphatic rings. The van der Waals surface area contributed by atoms with Crippen molar-refractivity contribution in [1.82, 2.24) is 0 Å². The third-order valence-electron chi connectivity index (χ3n) is 4.27. The highest BCUT2D eigenvalue weighted by Crippen LogP contribution is 2.59. The lowest BCUT2D eigenvalue weighted by Gasteiger charge is -2.06. The fraction of sp³-hybridized carbons (Fsp3) is 0.444. The second kappa shape index (κ2) is 5.47. The first-order valence-corrected chi connectivity index (χ1v) is 7.30. The molecule has 3 heteroatoms. The van der Waals surface area contributed by atoms with Crippen molar-refractivity contribution in [3.8, 4) is 0 Å². The quantitative estimate of drug-likeness (QED) is 0.669. The van der Waals surface area contributed by atoms with E-state index in [0.717, 1.165) is 5.69 Å². The van der Waals surface area contributed by atoms with Gasteiger partial charge in [-0.3, -0.25) is 9.59 Å². The van der Waals surface area contributed by atoms with Crippen molar-refractivity contribution in [2.45, 2.75) is 34.6 Å². The number of carbonyl (C=O) groups excluding carboxylic acids is 2. The number of rotatable bonds is 4. The third kappa shape index (κ3) is 3.23. The van der Waals surface area contributed by atoms with Crippen LogP contribution < -0.4 is 5.32 Å². The number of hydrogen-bond donors (Lipinski definition) is 1. The van der Waals surface area contributed by atoms with Gasteiger partial charge in [-0.15, -0.1) is 0 Å². The lowest BCUT2D eigenvalue weighted by Crippen LogP contribution is -2.16. The smallest absolute Gasteiger partial charge is 0.228 e. The molecule has 0 radical (unpaired) electrons. The Balaban J connectivity index is 2.05. The predicted octanol–water partition coefficient (Wildman–Crippen LogP) is 4.07. The van der Waals surface area contributed by atoms with E-state index in [1.807, 2.05) is 0 Å². The fourth-order valence-corrected chi connectivity index (χ4v) is 2.86. The first-order valence-electron chi connectivity index (χ1n) is 7.30. The number of allylic oxidation sites excluding steroid dienone is 2. The largest absolute Gasteiger partial charge is 0.326 e. The maximum atomic E-state index is 12.4. The van der Waals surface area contributed by atoms with E-state index >= 15 is 0 Å². The number of benzene rings is 1. The minimum Gasteiger partial charge on any atom is -0.326 e. The van der Waals surface area contributed by atoms with Crippen LogP contribution in [0.1, 0.15) is 45.0 Å². The molecule has 2 rings (SSSR count). The first kappa shape index (κ1) is 15.5. The first-order chi connectivity index (χ1) is 9.73. The van der Waals surface area contributed by atoms with Gasteiger partial charge in [-0.05, 0) is 56.4 Å². The predicted molar refractivity (Wildman–Crippen MR) is 85.3 cm³/mol. The molecule has 0 aromatic heterocycles. The highest BCUT2D eigenvalue weighted by Gasteiger charge is 2.60. The highest BCUT2D eigenvalue weighted by molar-refractivity contribution is 5.97. The van der Waals surface area contributed by atoms with Gasteiger partial charge in [-0.1, -0.05) is 25.5 Å². The maximum Gasteiger partial charge on any atom is 0.228 e. The average molecular weight is 285 g/mol. The monoisotopic (exact) mass is 285 g/mol. The summed E-state index contributed by atoms with van der Waals surface area (Å²) in [7, 11) is 0. The third-order valence-corrected chi connectivity index (χ3v) is 4.27. The number of anilines is 1. The summed E-state index contributed by atoms with van der Waals surface area (Å²) >= 11 is 0. The number of nitrogens with one attached hydrogen (secondary N) is 1. The molecule has 0 aliphatic heterocycles. The van der Waals surface area contributed by atoms with Gasteiger partial charge in [0.05, 0.1) is 5.92 Å². The van der Waals surface area contributed by atoms with Gasteiger partial charge in [0, 0.05) is 11.3 Å². The Bertz CT molecular complexity index is 592. The molecule has 21 heavy (non-hydrogen) atoms. The van der Waals surface area contributed by atoms with Crippen molar-refractivity contribution in [2.24, 2.45) is 17.3 Å². The molecule has 1 amide bonds. The Morgan fingerprint density at radius 1 is 1.10 bits per heavy atom. The Kier molecular flexibility index (Phi) is 4.04. The van der Waals surface area contributed by atoms with Gasteiger partial charge in [-0.2, -0.15) is 0 Å². The summed E-state index contributed by atoms with van der Waals surface area (Å²) in [5.74, 6) is 0.400. The van der Waals surface area contributed by atoms with Crippen LogP contribution >= 0.6 is 0 Å². The Morgan fingerprint density at radius 2 is 1.67 bits per heavy atom. The lowest BCUT2D eigenvalue weighted by atomic mass is 10.1. The van der Waals surface area contributed by atoms with Gasteiger partial charge in [0.25, 0.3) is 0 Å². The zero-order chi connectivity index (χ0) is 15.8. The lowest BCUT2D eigenvalue weighted by molar-refractivity contribution is -0.118. The van der Waals surface area contributed by atoms with Crippen molar-refractivity contribution in [3.63, 3.8) is 0 Å². The summed E-state index contributed by atoms with van der Waals surface area (Å²) in [6.45, 7) is 9.90. The molecule has 3 nitrogen and oxygen atoms in total. The average Bonchev–Trinajstić information content (AvgIpc) is 2.90. The van der Waals surface area contributed by atoms with Crippen LogP contribution in [0.2, 0.25) is 0 Å². The van der Waals surface area contributed by atoms with Crippen LogP contribution in [-0.4, -0.2) is 11.7 Å². The maximum absolute atomic E-state index is 12.4. The number of Topliss-reactive ketones (excluding diaryl/α,β-unsaturated/α-hetero) is 1. The standard InChI is InChI=1S/C18H23NO2/c1-11(2)10-15-16(18(15,4)5)17(21)19-14-8-6-13(7-9-14)12(3)20/h6-10,15-16H,1-5H3,(H,19,21)/t15-,16+/m1/s1. The number of hydrogen-bond acceptors (Lipinski definition) is 2. The number of ketones is 1. The second-order valence-corrected chi connectivity index (χ2v) is 6.69. The molecule has 0 heterocycles. The molecule has 1 saturated carbocycles. The zero-order valence-corrected chi connectivity index (χ0v) is 13.4. The van der Waals surface area contributed by atoms with E-state index < -0.39 is 0 Å². The van der Waals surface area contributed by atoms with Crippen LogP contribution in [0.5, 0.6) is 0 Å². The van der Waals surface area contributed by atoms with Gasteiger partial charge in [0.15, 0.2) is 5.78 Å². The molecule has 1 aliphatic carbocycles. The summed E-state index contributed by atoms with van der Waals surface area (Å²) in [6.07, 6.45) is 2.18. The molecular formula is C18H23NO2. The van der Waals surface area contributed by atoms with Crippen molar-refractivity contribution < 1.29 is 9.59 Å². The van der Waals surface area contributed by atoms with Crippen LogP contribution in [-0.2, 0) is 4.79 Å². The van der Waals surface area contributed by atoms with Gasteiger partial charge in [0.2, 0.25) is 5.91 Å². The molecule has 1 fully saturated rings. The molecule has 0 bridgehead atoms. The van der Waals surface area contributed by atoms with Crippen LogP contribution in [0.4, 0.5) is 5.69 Å². The molecule has 1 aromatic carbocycles. The number of amides is 1. The summed E-state index contributed by atoms with van der Waals surface area (Å²) < 4.78 is 0. The Hall–Kier alpha value is -1.90. The summed E-state index contributed by atoms with van der Waals surface area (Å²) in [4.78, 5) is 23.6. The normalized spacial score (nSPS) is 22.3. The summed E-state index contributed by atoms with van der Waals surface area (Å²) in [5, 5.41) is 2.95. The van der Waals surface area contributed by atoms with Gasteiger partial charge in [-0.25, -0.2) is 0 Å². The Morgan fingerprint density at radius 3 is 2.14 bits per heavy atom. The molecule has 0 unspecified atom stereocenters. The molecule has 0 saturated heterocycles. The van der Waals surface area contributed by atoms with Crippen molar-refractivity contribution in [2.75, 3.05) is 5.32 Å². The van der Waals surface area contributed by atoms with E-state index in [2.05, 4.69) is 39.1 Å². The minimum atomic E-state index is 0.0138. The van der Waals surface area contributed by atoms with Crippen molar-refractivity contribution in [3.05, 3.63) is 41.5 Å². The molecule has 1 N–H and O–H groups in total. The highest BCUT2D eigenvalue weighted by atomic mass is 16.2. The molecular weight excluding hydrogens is 262 g/mol. The van der Waals surface area contributed by atoms with E-state index in [1.165, 1.54) is 12.5 Å². The van der Waals surface area contributed by atoms with E-state index in [0.29, 0.717) is 11.5 Å². The number of carbonyl (C=O) groups is 2. The van der Waals surface area contributed by atoms with Crippen LogP contribution in [0.3, 0.4) is 0 Å². The van der Waals surface area contributed by atoms with Crippen LogP contribution in [0, 0.1) is 17.3 Å². The van der Waals surface area contributed by atoms with Gasteiger partial charge < -0.3 is 5.32 Å². The Labute approximate surface area is 126 Å². The van der Waals surface area contributed by atoms with Gasteiger partial charge >= 0.3 is 0 Å². The van der Waals surface area contributed by atoms with E-state index in [9.17, 15) is 9.59 Å². The van der Waals surface area contributed by atoms with Crippen LogP contribution in [0.15, 0.2) is 35.9 Å². The molecule has 1 aromatic rings. The van der Waals surface area contributed by atoms with E-state index in [4.69, 9.17) is 0 Å². The fourth-order valence-electron chi connectivity index (χ4n) is 2.86. The minimum absolute atomic E-state index is 0.0138. The zero-order valence-electron chi connectivity index (χ0n) is 13.4. The second-order valence-electron chi connectivity index (χ2n) is 6.69. The van der Waals surface area contributed by atoms with E-state index in [1.54, 1.807) is 24.3 Å². The SMILES string of the molecule is CC(=O)c1ccc(NC(=O)[C@@H]2[C@@H](C=C(C)C)C2(C)C)cc1. The van der Waals surface area contributed by atoms with Crippen LogP contribution in [0.25, 0.3) is 0 Å². The summed E-state index contributed by atoms with van der Waals surface area (Å²) in [5.41, 5.74) is 2.65. The van der Waals surface area contributed by atoms with Crippen molar-refractivity contribution >= 4 is 17.4 Å². The molecule has 2 atom stereocenters. The van der Waals surface area contributed by atoms with E-state index in [-0.39, 0.29) is 23.0 Å². The summed E-state index contributed by atoms with van der Waals surface area (Å²) in [6, 6.07) is 7.03. The van der Waals surface area contributed by atoms with Gasteiger partial charge in [0.1, 0.15) is 0 Å². The molecule has 112 valence electrons. The molecule has 0 spiro atoms.